The molecule has 1 amide bonds. The van der Waals surface area contributed by atoms with Crippen LogP contribution in [0.5, 0.6) is 0 Å². The summed E-state index contributed by atoms with van der Waals surface area (Å²) in [5.41, 5.74) is -0.875. The Morgan fingerprint density at radius 3 is 2.53 bits per heavy atom. The van der Waals surface area contributed by atoms with E-state index in [0.29, 0.717) is 13.0 Å². The zero-order chi connectivity index (χ0) is 24.5. The molecule has 2 aliphatic rings. The number of likely N-dealkylation sites (tertiary alicyclic amines) is 1. The lowest BCUT2D eigenvalue weighted by Crippen LogP contribution is -2.67. The zero-order valence-corrected chi connectivity index (χ0v) is 19.6. The van der Waals surface area contributed by atoms with Crippen molar-refractivity contribution in [3.63, 3.8) is 0 Å². The van der Waals surface area contributed by atoms with Crippen LogP contribution >= 0.6 is 0 Å². The minimum atomic E-state index is -1.26. The standard InChI is InChI=1S/C25H31F3N4O2/c1-3-17-5-8-21(20(27)13-17)29-23-18(6-7-19(26)22(23)28)24(33)32-15-25(34,16-32)14-31-10-4-9-30(2)11-12-31/h5-8,13,29,34H,3-4,9-12,14-16H2,1-2H3. The summed E-state index contributed by atoms with van der Waals surface area (Å²) < 4.78 is 43.2. The third-order valence-electron chi connectivity index (χ3n) is 6.61. The zero-order valence-electron chi connectivity index (χ0n) is 19.6. The fourth-order valence-electron chi connectivity index (χ4n) is 4.62. The number of aliphatic hydroxyl groups is 1. The minimum absolute atomic E-state index is 0.0537. The molecular formula is C25H31F3N4O2. The number of nitrogens with one attached hydrogen (secondary N) is 1. The molecule has 2 aromatic rings. The molecule has 4 rings (SSSR count). The molecule has 2 heterocycles. The summed E-state index contributed by atoms with van der Waals surface area (Å²) >= 11 is 0. The van der Waals surface area contributed by atoms with Gasteiger partial charge in [0.15, 0.2) is 11.6 Å². The molecule has 0 spiro atoms. The van der Waals surface area contributed by atoms with E-state index in [9.17, 15) is 23.1 Å². The van der Waals surface area contributed by atoms with Gasteiger partial charge in [-0.25, -0.2) is 13.2 Å². The second kappa shape index (κ2) is 9.93. The first kappa shape index (κ1) is 24.5. The van der Waals surface area contributed by atoms with Gasteiger partial charge < -0.3 is 20.2 Å². The second-order valence-electron chi connectivity index (χ2n) is 9.40. The average molecular weight is 477 g/mol. The number of carbonyl (C=O) groups excluding carboxylic acids is 1. The first-order valence-electron chi connectivity index (χ1n) is 11.6. The Hall–Kier alpha value is -2.62. The Labute approximate surface area is 198 Å². The van der Waals surface area contributed by atoms with Crippen molar-refractivity contribution in [2.75, 3.05) is 58.2 Å². The van der Waals surface area contributed by atoms with Crippen LogP contribution in [-0.4, -0.2) is 84.2 Å². The Morgan fingerprint density at radius 1 is 1.06 bits per heavy atom. The van der Waals surface area contributed by atoms with Crippen LogP contribution in [0.1, 0.15) is 29.3 Å². The maximum absolute atomic E-state index is 14.7. The van der Waals surface area contributed by atoms with Crippen LogP contribution in [0.25, 0.3) is 0 Å². The van der Waals surface area contributed by atoms with Crippen LogP contribution in [0.4, 0.5) is 24.5 Å². The van der Waals surface area contributed by atoms with Crippen molar-refractivity contribution < 1.29 is 23.1 Å². The van der Waals surface area contributed by atoms with Crippen LogP contribution in [0.3, 0.4) is 0 Å². The molecule has 0 aromatic heterocycles. The summed E-state index contributed by atoms with van der Waals surface area (Å²) in [6.07, 6.45) is 1.64. The highest BCUT2D eigenvalue weighted by molar-refractivity contribution is 6.01. The number of carbonyl (C=O) groups is 1. The number of nitrogens with zero attached hydrogens (tertiary/aromatic N) is 3. The predicted octanol–water partition coefficient (Wildman–Crippen LogP) is 3.23. The number of anilines is 2. The number of benzene rings is 2. The largest absolute Gasteiger partial charge is 0.385 e. The summed E-state index contributed by atoms with van der Waals surface area (Å²) in [7, 11) is 2.07. The van der Waals surface area contributed by atoms with Gasteiger partial charge in [0.25, 0.3) is 5.91 Å². The Balaban J connectivity index is 1.48. The van der Waals surface area contributed by atoms with Crippen molar-refractivity contribution in [2.24, 2.45) is 0 Å². The molecule has 9 heteroatoms. The number of hydrogen-bond acceptors (Lipinski definition) is 5. The monoisotopic (exact) mass is 476 g/mol. The van der Waals surface area contributed by atoms with Gasteiger partial charge in [-0.1, -0.05) is 13.0 Å². The maximum Gasteiger partial charge on any atom is 0.256 e. The topological polar surface area (TPSA) is 59.1 Å². The molecule has 0 unspecified atom stereocenters. The Morgan fingerprint density at radius 2 is 1.82 bits per heavy atom. The number of amides is 1. The number of rotatable bonds is 6. The summed E-state index contributed by atoms with van der Waals surface area (Å²) in [6, 6.07) is 6.50. The van der Waals surface area contributed by atoms with E-state index >= 15 is 0 Å². The van der Waals surface area contributed by atoms with E-state index in [2.05, 4.69) is 22.2 Å². The SMILES string of the molecule is CCc1ccc(Nc2c(C(=O)N3CC(O)(CN4CCCN(C)CC4)C3)ccc(F)c2F)c(F)c1. The molecule has 0 radical (unpaired) electrons. The molecule has 2 N–H and O–H groups in total. The third-order valence-corrected chi connectivity index (χ3v) is 6.61. The lowest BCUT2D eigenvalue weighted by atomic mass is 9.92. The summed E-state index contributed by atoms with van der Waals surface area (Å²) in [5, 5.41) is 13.5. The molecule has 6 nitrogen and oxygen atoms in total. The maximum atomic E-state index is 14.7. The number of β-amino-alcohol motifs (C(OH)–C–C–N with tert-alkyl or cyclic N) is 1. The van der Waals surface area contributed by atoms with Crippen LogP contribution in [-0.2, 0) is 6.42 Å². The summed E-state index contributed by atoms with van der Waals surface area (Å²) in [5.74, 6) is -3.57. The van der Waals surface area contributed by atoms with Crippen LogP contribution in [0.15, 0.2) is 30.3 Å². The fraction of sp³-hybridized carbons (Fsp3) is 0.480. The van der Waals surface area contributed by atoms with Crippen LogP contribution in [0.2, 0.25) is 0 Å². The molecule has 2 fully saturated rings. The van der Waals surface area contributed by atoms with Gasteiger partial charge in [-0.3, -0.25) is 9.69 Å². The van der Waals surface area contributed by atoms with E-state index in [-0.39, 0.29) is 24.3 Å². The van der Waals surface area contributed by atoms with Crippen LogP contribution < -0.4 is 5.32 Å². The fourth-order valence-corrected chi connectivity index (χ4v) is 4.62. The Bertz CT molecular complexity index is 1060. The molecule has 34 heavy (non-hydrogen) atoms. The van der Waals surface area contributed by atoms with Gasteiger partial charge in [0, 0.05) is 19.6 Å². The predicted molar refractivity (Wildman–Crippen MR) is 125 cm³/mol. The third kappa shape index (κ3) is 5.21. The highest BCUT2D eigenvalue weighted by atomic mass is 19.2. The van der Waals surface area contributed by atoms with E-state index in [1.807, 2.05) is 6.92 Å². The van der Waals surface area contributed by atoms with Crippen LogP contribution in [0, 0.1) is 17.5 Å². The Kier molecular flexibility index (Phi) is 7.16. The second-order valence-corrected chi connectivity index (χ2v) is 9.40. The van der Waals surface area contributed by atoms with E-state index in [1.54, 1.807) is 6.07 Å². The molecule has 184 valence electrons. The molecule has 2 aromatic carbocycles. The number of aryl methyl sites for hydroxylation is 1. The van der Waals surface area contributed by atoms with E-state index in [0.717, 1.165) is 44.2 Å². The van der Waals surface area contributed by atoms with Crippen molar-refractivity contribution in [3.8, 4) is 0 Å². The van der Waals surface area contributed by atoms with Crippen molar-refractivity contribution in [2.45, 2.75) is 25.4 Å². The molecule has 2 aliphatic heterocycles. The minimum Gasteiger partial charge on any atom is -0.385 e. The van der Waals surface area contributed by atoms with Crippen molar-refractivity contribution in [1.29, 1.82) is 0 Å². The van der Waals surface area contributed by atoms with Gasteiger partial charge in [-0.05, 0) is 62.8 Å². The highest BCUT2D eigenvalue weighted by Crippen LogP contribution is 2.32. The molecule has 0 bridgehead atoms. The highest BCUT2D eigenvalue weighted by Gasteiger charge is 2.45. The van der Waals surface area contributed by atoms with Crippen molar-refractivity contribution in [3.05, 3.63) is 58.9 Å². The number of halogens is 3. The van der Waals surface area contributed by atoms with E-state index < -0.39 is 34.6 Å². The number of likely N-dealkylation sites (N-methyl/N-ethyl adjacent to an activating group) is 1. The molecule has 0 atom stereocenters. The first-order chi connectivity index (χ1) is 16.2. The van der Waals surface area contributed by atoms with E-state index in [4.69, 9.17) is 0 Å². The molecule has 0 aliphatic carbocycles. The van der Waals surface area contributed by atoms with Gasteiger partial charge in [0.05, 0.1) is 30.0 Å². The first-order valence-corrected chi connectivity index (χ1v) is 11.6. The quantitative estimate of drug-likeness (QED) is 0.671. The molecular weight excluding hydrogens is 445 g/mol. The van der Waals surface area contributed by atoms with Crippen molar-refractivity contribution >= 4 is 17.3 Å². The van der Waals surface area contributed by atoms with Gasteiger partial charge >= 0.3 is 0 Å². The van der Waals surface area contributed by atoms with Crippen molar-refractivity contribution in [1.82, 2.24) is 14.7 Å². The van der Waals surface area contributed by atoms with Gasteiger partial charge in [-0.2, -0.15) is 0 Å². The normalized spacial score (nSPS) is 18.9. The van der Waals surface area contributed by atoms with Gasteiger partial charge in [0.2, 0.25) is 0 Å². The molecule has 0 saturated carbocycles. The van der Waals surface area contributed by atoms with E-state index in [1.165, 1.54) is 23.1 Å². The van der Waals surface area contributed by atoms with Gasteiger partial charge in [0.1, 0.15) is 11.4 Å². The lowest BCUT2D eigenvalue weighted by Gasteiger charge is -2.48. The number of hydrogen-bond donors (Lipinski definition) is 2. The molecule has 2 saturated heterocycles. The average Bonchev–Trinajstić information content (AvgIpc) is 2.99. The summed E-state index contributed by atoms with van der Waals surface area (Å²) in [6.45, 7) is 6.15. The smallest absolute Gasteiger partial charge is 0.256 e. The summed E-state index contributed by atoms with van der Waals surface area (Å²) in [4.78, 5) is 19.0. The lowest BCUT2D eigenvalue weighted by molar-refractivity contribution is -0.0971. The van der Waals surface area contributed by atoms with Gasteiger partial charge in [-0.15, -0.1) is 0 Å².